The van der Waals surface area contributed by atoms with Crippen LogP contribution in [0.1, 0.15) is 28.7 Å². The normalized spacial score (nSPS) is 11.6. The van der Waals surface area contributed by atoms with E-state index in [-0.39, 0.29) is 22.0 Å². The van der Waals surface area contributed by atoms with E-state index in [0.29, 0.717) is 5.82 Å². The van der Waals surface area contributed by atoms with E-state index in [0.717, 1.165) is 17.5 Å². The molecule has 0 saturated carbocycles. The number of non-ortho nitro benzene ring substituents is 1. The predicted molar refractivity (Wildman–Crippen MR) is 112 cm³/mol. The summed E-state index contributed by atoms with van der Waals surface area (Å²) >= 11 is 5.97. The summed E-state index contributed by atoms with van der Waals surface area (Å²) in [6, 6.07) is 8.66. The lowest BCUT2D eigenvalue weighted by Gasteiger charge is -2.14. The number of nitro benzene ring substituents is 1. The predicted octanol–water partition coefficient (Wildman–Crippen LogP) is 3.63. The van der Waals surface area contributed by atoms with Crippen LogP contribution in [-0.2, 0) is 9.53 Å². The van der Waals surface area contributed by atoms with E-state index in [1.165, 1.54) is 31.3 Å². The smallest absolute Gasteiger partial charge is 0.340 e. The summed E-state index contributed by atoms with van der Waals surface area (Å²) < 4.78 is 6.81. The number of ether oxygens (including phenoxy) is 1. The van der Waals surface area contributed by atoms with Crippen molar-refractivity contribution in [3.05, 3.63) is 74.7 Å². The summed E-state index contributed by atoms with van der Waals surface area (Å²) in [4.78, 5) is 39.2. The van der Waals surface area contributed by atoms with Gasteiger partial charge >= 0.3 is 5.97 Å². The zero-order valence-electron chi connectivity index (χ0n) is 16.8. The Morgan fingerprint density at radius 3 is 2.55 bits per heavy atom. The van der Waals surface area contributed by atoms with E-state index in [9.17, 15) is 19.7 Å². The fraction of sp³-hybridized carbons (Fsp3) is 0.200. The maximum absolute atomic E-state index is 12.4. The molecule has 2 aromatic heterocycles. The number of nitrogens with zero attached hydrogens (tertiary/aromatic N) is 4. The number of carbonyl (C=O) groups is 2. The van der Waals surface area contributed by atoms with Crippen LogP contribution in [-0.4, -0.2) is 37.7 Å². The van der Waals surface area contributed by atoms with Crippen molar-refractivity contribution in [3.8, 4) is 5.82 Å². The van der Waals surface area contributed by atoms with Gasteiger partial charge in [-0.15, -0.1) is 0 Å². The Bertz CT molecular complexity index is 1160. The van der Waals surface area contributed by atoms with Gasteiger partial charge in [0.1, 0.15) is 0 Å². The second-order valence-electron chi connectivity index (χ2n) is 6.70. The first kappa shape index (κ1) is 21.9. The van der Waals surface area contributed by atoms with Crippen molar-refractivity contribution in [1.29, 1.82) is 0 Å². The molecule has 1 unspecified atom stereocenters. The molecule has 1 N–H and O–H groups in total. The number of rotatable bonds is 6. The second-order valence-corrected chi connectivity index (χ2v) is 7.11. The van der Waals surface area contributed by atoms with Crippen molar-refractivity contribution < 1.29 is 19.2 Å². The molecule has 11 heteroatoms. The number of aromatic nitrogens is 3. The van der Waals surface area contributed by atoms with Crippen LogP contribution in [0.25, 0.3) is 5.82 Å². The molecule has 2 heterocycles. The minimum Gasteiger partial charge on any atom is -0.449 e. The lowest BCUT2D eigenvalue weighted by atomic mass is 10.2. The van der Waals surface area contributed by atoms with Crippen LogP contribution in [0.4, 0.5) is 11.4 Å². The summed E-state index contributed by atoms with van der Waals surface area (Å²) in [6.45, 7) is 5.12. The van der Waals surface area contributed by atoms with Gasteiger partial charge in [-0.1, -0.05) is 11.6 Å². The largest absolute Gasteiger partial charge is 0.449 e. The van der Waals surface area contributed by atoms with Crippen molar-refractivity contribution in [2.45, 2.75) is 26.9 Å². The first-order chi connectivity index (χ1) is 14.7. The minimum absolute atomic E-state index is 0.0414. The number of aryl methyl sites for hydroxylation is 2. The van der Waals surface area contributed by atoms with Gasteiger partial charge in [-0.25, -0.2) is 14.5 Å². The van der Waals surface area contributed by atoms with Crippen LogP contribution in [0, 0.1) is 24.0 Å². The lowest BCUT2D eigenvalue weighted by molar-refractivity contribution is -0.384. The third kappa shape index (κ3) is 5.04. The number of hydrogen-bond donors (Lipinski definition) is 1. The van der Waals surface area contributed by atoms with Gasteiger partial charge in [0.2, 0.25) is 0 Å². The fourth-order valence-corrected chi connectivity index (χ4v) is 2.90. The Kier molecular flexibility index (Phi) is 6.30. The highest BCUT2D eigenvalue weighted by Crippen LogP contribution is 2.27. The number of nitrogens with one attached hydrogen (secondary N) is 1. The summed E-state index contributed by atoms with van der Waals surface area (Å²) in [6.07, 6.45) is 0.148. The quantitative estimate of drug-likeness (QED) is 0.349. The highest BCUT2D eigenvalue weighted by atomic mass is 35.5. The molecule has 3 rings (SSSR count). The van der Waals surface area contributed by atoms with Crippen LogP contribution < -0.4 is 5.32 Å². The number of anilines is 1. The van der Waals surface area contributed by atoms with Gasteiger partial charge in [-0.2, -0.15) is 5.10 Å². The number of halogens is 1. The molecule has 0 aliphatic heterocycles. The van der Waals surface area contributed by atoms with Gasteiger partial charge in [0.15, 0.2) is 11.9 Å². The van der Waals surface area contributed by atoms with Crippen molar-refractivity contribution in [2.75, 3.05) is 5.32 Å². The van der Waals surface area contributed by atoms with E-state index in [1.807, 2.05) is 19.9 Å². The number of pyridine rings is 1. The average molecular weight is 444 g/mol. The molecule has 0 spiro atoms. The Hall–Kier alpha value is -3.79. The summed E-state index contributed by atoms with van der Waals surface area (Å²) in [5.41, 5.74) is 1.69. The molecule has 0 saturated heterocycles. The zero-order chi connectivity index (χ0) is 22.7. The molecule has 0 fully saturated rings. The molecule has 31 heavy (non-hydrogen) atoms. The SMILES string of the molecule is Cc1cc(C)n(-c2ccc(C(=O)OC(C)C(=O)Nc3cc([N+](=O)[O-])ccc3Cl)cn2)n1. The average Bonchev–Trinajstić information content (AvgIpc) is 3.07. The van der Waals surface area contributed by atoms with Crippen LogP contribution in [0.5, 0.6) is 0 Å². The number of hydrogen-bond acceptors (Lipinski definition) is 7. The molecule has 160 valence electrons. The Balaban J connectivity index is 1.66. The molecule has 1 amide bonds. The first-order valence-corrected chi connectivity index (χ1v) is 9.49. The molecule has 3 aromatic rings. The second kappa shape index (κ2) is 8.92. The van der Waals surface area contributed by atoms with Crippen molar-refractivity contribution in [2.24, 2.45) is 0 Å². The maximum atomic E-state index is 12.4. The number of carbonyl (C=O) groups excluding carboxylic acids is 2. The van der Waals surface area contributed by atoms with E-state index < -0.39 is 22.9 Å². The van der Waals surface area contributed by atoms with Gasteiger partial charge < -0.3 is 10.1 Å². The summed E-state index contributed by atoms with van der Waals surface area (Å²) in [7, 11) is 0. The molecular formula is C20H18ClN5O5. The third-order valence-corrected chi connectivity index (χ3v) is 4.61. The van der Waals surface area contributed by atoms with E-state index >= 15 is 0 Å². The van der Waals surface area contributed by atoms with Gasteiger partial charge in [0, 0.05) is 24.0 Å². The molecule has 0 aliphatic rings. The molecule has 1 atom stereocenters. The molecule has 1 aromatic carbocycles. The van der Waals surface area contributed by atoms with Crippen LogP contribution >= 0.6 is 11.6 Å². The number of esters is 1. The van der Waals surface area contributed by atoms with Gasteiger partial charge in [0.25, 0.3) is 11.6 Å². The van der Waals surface area contributed by atoms with E-state index in [2.05, 4.69) is 15.4 Å². The zero-order valence-corrected chi connectivity index (χ0v) is 17.6. The number of benzene rings is 1. The van der Waals surface area contributed by atoms with Crippen molar-refractivity contribution in [1.82, 2.24) is 14.8 Å². The summed E-state index contributed by atoms with van der Waals surface area (Å²) in [5.74, 6) is -0.906. The molecule has 10 nitrogen and oxygen atoms in total. The van der Waals surface area contributed by atoms with Gasteiger partial charge in [0.05, 0.1) is 26.9 Å². The Labute approximate surface area is 182 Å². The summed E-state index contributed by atoms with van der Waals surface area (Å²) in [5, 5.41) is 17.7. The van der Waals surface area contributed by atoms with Crippen LogP contribution in [0.15, 0.2) is 42.6 Å². The first-order valence-electron chi connectivity index (χ1n) is 9.11. The fourth-order valence-electron chi connectivity index (χ4n) is 2.73. The lowest BCUT2D eigenvalue weighted by Crippen LogP contribution is -2.30. The van der Waals surface area contributed by atoms with Gasteiger partial charge in [-0.3, -0.25) is 14.9 Å². The van der Waals surface area contributed by atoms with Gasteiger partial charge in [-0.05, 0) is 45.0 Å². The molecule has 0 aliphatic carbocycles. The van der Waals surface area contributed by atoms with E-state index in [1.54, 1.807) is 10.7 Å². The van der Waals surface area contributed by atoms with Crippen LogP contribution in [0.3, 0.4) is 0 Å². The molecule has 0 radical (unpaired) electrons. The molecule has 0 bridgehead atoms. The van der Waals surface area contributed by atoms with Crippen LogP contribution in [0.2, 0.25) is 5.02 Å². The monoisotopic (exact) mass is 443 g/mol. The highest BCUT2D eigenvalue weighted by molar-refractivity contribution is 6.33. The Morgan fingerprint density at radius 1 is 1.23 bits per heavy atom. The highest BCUT2D eigenvalue weighted by Gasteiger charge is 2.21. The topological polar surface area (TPSA) is 129 Å². The maximum Gasteiger partial charge on any atom is 0.340 e. The standard InChI is InChI=1S/C20H18ClN5O5/c1-11-8-12(2)25(24-11)18-7-4-14(10-22-18)20(28)31-13(3)19(27)23-17-9-15(26(29)30)5-6-16(17)21/h4-10,13H,1-3H3,(H,23,27). The minimum atomic E-state index is -1.18. The third-order valence-electron chi connectivity index (χ3n) is 4.28. The number of amides is 1. The van der Waals surface area contributed by atoms with Crippen molar-refractivity contribution in [3.63, 3.8) is 0 Å². The number of nitro groups is 1. The van der Waals surface area contributed by atoms with Crippen molar-refractivity contribution >= 4 is 34.9 Å². The molecular weight excluding hydrogens is 426 g/mol. The van der Waals surface area contributed by atoms with E-state index in [4.69, 9.17) is 16.3 Å². The Morgan fingerprint density at radius 2 is 1.97 bits per heavy atom.